The van der Waals surface area contributed by atoms with E-state index in [1.165, 1.54) is 29.7 Å². The van der Waals surface area contributed by atoms with Gasteiger partial charge in [0.25, 0.3) is 0 Å². The third kappa shape index (κ3) is 2.78. The van der Waals surface area contributed by atoms with Crippen molar-refractivity contribution in [2.24, 2.45) is 5.41 Å². The molecule has 1 aliphatic heterocycles. The van der Waals surface area contributed by atoms with Crippen molar-refractivity contribution in [3.63, 3.8) is 0 Å². The SMILES string of the molecule is Cc1cccc(-c2cncn2CC2(C)CCCNC2)c1. The molecule has 1 aromatic carbocycles. The van der Waals surface area contributed by atoms with E-state index in [1.54, 1.807) is 0 Å². The van der Waals surface area contributed by atoms with Crippen LogP contribution in [0.2, 0.25) is 0 Å². The number of nitrogens with zero attached hydrogens (tertiary/aromatic N) is 2. The number of imidazole rings is 1. The van der Waals surface area contributed by atoms with Crippen molar-refractivity contribution >= 4 is 0 Å². The first-order chi connectivity index (χ1) is 9.66. The summed E-state index contributed by atoms with van der Waals surface area (Å²) in [5.41, 5.74) is 4.11. The molecule has 2 heterocycles. The number of nitrogens with one attached hydrogen (secondary N) is 1. The van der Waals surface area contributed by atoms with E-state index < -0.39 is 0 Å². The number of aromatic nitrogens is 2. The Kier molecular flexibility index (Phi) is 3.62. The van der Waals surface area contributed by atoms with E-state index in [9.17, 15) is 0 Å². The summed E-state index contributed by atoms with van der Waals surface area (Å²) in [6, 6.07) is 8.65. The predicted octanol–water partition coefficient (Wildman–Crippen LogP) is 3.25. The molecule has 3 nitrogen and oxygen atoms in total. The van der Waals surface area contributed by atoms with Crippen molar-refractivity contribution in [2.45, 2.75) is 33.2 Å². The molecule has 3 heteroatoms. The number of rotatable bonds is 3. The predicted molar refractivity (Wildman–Crippen MR) is 82.6 cm³/mol. The van der Waals surface area contributed by atoms with Crippen LogP contribution >= 0.6 is 0 Å². The minimum Gasteiger partial charge on any atom is -0.330 e. The summed E-state index contributed by atoms with van der Waals surface area (Å²) in [6.45, 7) is 7.79. The molecule has 1 fully saturated rings. The average molecular weight is 269 g/mol. The fourth-order valence-corrected chi connectivity index (χ4v) is 3.16. The topological polar surface area (TPSA) is 29.9 Å². The lowest BCUT2D eigenvalue weighted by molar-refractivity contribution is 0.202. The van der Waals surface area contributed by atoms with Crippen molar-refractivity contribution in [2.75, 3.05) is 13.1 Å². The highest BCUT2D eigenvalue weighted by Gasteiger charge is 2.27. The first-order valence-corrected chi connectivity index (χ1v) is 7.44. The van der Waals surface area contributed by atoms with E-state index in [4.69, 9.17) is 0 Å². The summed E-state index contributed by atoms with van der Waals surface area (Å²) in [5.74, 6) is 0. The van der Waals surface area contributed by atoms with E-state index in [2.05, 4.69) is 53.0 Å². The zero-order chi connectivity index (χ0) is 14.0. The van der Waals surface area contributed by atoms with Gasteiger partial charge in [-0.3, -0.25) is 0 Å². The van der Waals surface area contributed by atoms with Gasteiger partial charge in [-0.05, 0) is 37.8 Å². The lowest BCUT2D eigenvalue weighted by atomic mass is 9.82. The Bertz CT molecular complexity index is 579. The summed E-state index contributed by atoms with van der Waals surface area (Å²) in [6.07, 6.45) is 6.50. The maximum Gasteiger partial charge on any atom is 0.0951 e. The molecule has 1 unspecified atom stereocenters. The number of aryl methyl sites for hydroxylation is 1. The second-order valence-electron chi connectivity index (χ2n) is 6.37. The quantitative estimate of drug-likeness (QED) is 0.927. The van der Waals surface area contributed by atoms with Gasteiger partial charge in [-0.25, -0.2) is 4.98 Å². The van der Waals surface area contributed by atoms with E-state index in [0.29, 0.717) is 5.41 Å². The highest BCUT2D eigenvalue weighted by atomic mass is 15.1. The molecule has 1 atom stereocenters. The zero-order valence-electron chi connectivity index (χ0n) is 12.4. The summed E-state index contributed by atoms with van der Waals surface area (Å²) >= 11 is 0. The molecule has 0 saturated carbocycles. The van der Waals surface area contributed by atoms with Crippen LogP contribution in [0.4, 0.5) is 0 Å². The van der Waals surface area contributed by atoms with E-state index in [1.807, 2.05) is 12.5 Å². The zero-order valence-corrected chi connectivity index (χ0v) is 12.4. The summed E-state index contributed by atoms with van der Waals surface area (Å²) in [4.78, 5) is 4.37. The molecule has 1 N–H and O–H groups in total. The van der Waals surface area contributed by atoms with Crippen molar-refractivity contribution in [3.8, 4) is 11.3 Å². The number of piperidine rings is 1. The summed E-state index contributed by atoms with van der Waals surface area (Å²) < 4.78 is 2.31. The lowest BCUT2D eigenvalue weighted by Gasteiger charge is -2.34. The average Bonchev–Trinajstić information content (AvgIpc) is 2.87. The van der Waals surface area contributed by atoms with Gasteiger partial charge < -0.3 is 9.88 Å². The van der Waals surface area contributed by atoms with Gasteiger partial charge in [0, 0.05) is 18.7 Å². The van der Waals surface area contributed by atoms with Gasteiger partial charge in [0.1, 0.15) is 0 Å². The van der Waals surface area contributed by atoms with Crippen LogP contribution < -0.4 is 5.32 Å². The number of benzene rings is 1. The molecule has 1 aromatic heterocycles. The van der Waals surface area contributed by atoms with E-state index in [0.717, 1.165) is 19.6 Å². The van der Waals surface area contributed by atoms with Gasteiger partial charge in [-0.15, -0.1) is 0 Å². The van der Waals surface area contributed by atoms with Crippen molar-refractivity contribution in [1.29, 1.82) is 0 Å². The minimum absolute atomic E-state index is 0.331. The van der Waals surface area contributed by atoms with Crippen LogP contribution in [0.25, 0.3) is 11.3 Å². The maximum atomic E-state index is 4.37. The molecule has 106 valence electrons. The van der Waals surface area contributed by atoms with Gasteiger partial charge in [0.05, 0.1) is 18.2 Å². The van der Waals surface area contributed by atoms with Gasteiger partial charge >= 0.3 is 0 Å². The molecule has 1 saturated heterocycles. The number of hydrogen-bond acceptors (Lipinski definition) is 2. The van der Waals surface area contributed by atoms with Crippen LogP contribution in [0, 0.1) is 12.3 Å². The fourth-order valence-electron chi connectivity index (χ4n) is 3.16. The standard InChI is InChI=1S/C17H23N3/c1-14-5-3-6-15(9-14)16-10-19-13-20(16)12-17(2)7-4-8-18-11-17/h3,5-6,9-10,13,18H,4,7-8,11-12H2,1-2H3. The Morgan fingerprint density at radius 3 is 3.05 bits per heavy atom. The summed E-state index contributed by atoms with van der Waals surface area (Å²) in [5, 5.41) is 3.52. The Labute approximate surface area is 121 Å². The minimum atomic E-state index is 0.331. The Morgan fingerprint density at radius 1 is 1.40 bits per heavy atom. The lowest BCUT2D eigenvalue weighted by Crippen LogP contribution is -2.40. The van der Waals surface area contributed by atoms with Crippen LogP contribution in [0.3, 0.4) is 0 Å². The third-order valence-corrected chi connectivity index (χ3v) is 4.26. The molecule has 1 aliphatic rings. The monoisotopic (exact) mass is 269 g/mol. The van der Waals surface area contributed by atoms with Gasteiger partial charge in [0.15, 0.2) is 0 Å². The van der Waals surface area contributed by atoms with Crippen molar-refractivity contribution in [1.82, 2.24) is 14.9 Å². The van der Waals surface area contributed by atoms with Gasteiger partial charge in [-0.1, -0.05) is 30.7 Å². The third-order valence-electron chi connectivity index (χ3n) is 4.26. The molecule has 3 rings (SSSR count). The highest BCUT2D eigenvalue weighted by molar-refractivity contribution is 5.59. The Morgan fingerprint density at radius 2 is 2.30 bits per heavy atom. The normalized spacial score (nSPS) is 22.9. The van der Waals surface area contributed by atoms with Crippen molar-refractivity contribution in [3.05, 3.63) is 42.4 Å². The molecule has 0 radical (unpaired) electrons. The molecule has 20 heavy (non-hydrogen) atoms. The largest absolute Gasteiger partial charge is 0.330 e. The summed E-state index contributed by atoms with van der Waals surface area (Å²) in [7, 11) is 0. The van der Waals surface area contributed by atoms with E-state index >= 15 is 0 Å². The molecular weight excluding hydrogens is 246 g/mol. The molecule has 0 aliphatic carbocycles. The van der Waals surface area contributed by atoms with Gasteiger partial charge in [0.2, 0.25) is 0 Å². The van der Waals surface area contributed by atoms with Crippen LogP contribution in [0.15, 0.2) is 36.8 Å². The maximum absolute atomic E-state index is 4.37. The van der Waals surface area contributed by atoms with Crippen LogP contribution in [-0.4, -0.2) is 22.6 Å². The smallest absolute Gasteiger partial charge is 0.0951 e. The molecule has 0 amide bonds. The second kappa shape index (κ2) is 5.41. The van der Waals surface area contributed by atoms with Crippen LogP contribution in [-0.2, 0) is 6.54 Å². The second-order valence-corrected chi connectivity index (χ2v) is 6.37. The van der Waals surface area contributed by atoms with Crippen LogP contribution in [0.5, 0.6) is 0 Å². The molecule has 0 bridgehead atoms. The van der Waals surface area contributed by atoms with Crippen molar-refractivity contribution < 1.29 is 0 Å². The van der Waals surface area contributed by atoms with Crippen LogP contribution in [0.1, 0.15) is 25.3 Å². The van der Waals surface area contributed by atoms with Gasteiger partial charge in [-0.2, -0.15) is 0 Å². The molecular formula is C17H23N3. The highest BCUT2D eigenvalue weighted by Crippen LogP contribution is 2.30. The fraction of sp³-hybridized carbons (Fsp3) is 0.471. The molecule has 2 aromatic rings. The molecule has 0 spiro atoms. The first-order valence-electron chi connectivity index (χ1n) is 7.44. The first kappa shape index (κ1) is 13.4. The Balaban J connectivity index is 1.87. The Hall–Kier alpha value is -1.61. The number of hydrogen-bond donors (Lipinski definition) is 1. The van der Waals surface area contributed by atoms with E-state index in [-0.39, 0.29) is 0 Å².